The fourth-order valence-corrected chi connectivity index (χ4v) is 11.9. The maximum absolute atomic E-state index is 6.62. The van der Waals surface area contributed by atoms with Crippen molar-refractivity contribution in [2.24, 2.45) is 0 Å². The zero-order valence-corrected chi connectivity index (χ0v) is 39.8. The molecule has 0 aliphatic carbocycles. The lowest BCUT2D eigenvalue weighted by atomic mass is 9.98. The van der Waals surface area contributed by atoms with Gasteiger partial charge in [0.2, 0.25) is 0 Å². The molecular weight excluding hydrogens is 903 g/mol. The quantitative estimate of drug-likeness (QED) is 0.167. The predicted octanol–water partition coefficient (Wildman–Crippen LogP) is 17.8. The van der Waals surface area contributed by atoms with Crippen LogP contribution in [0.4, 0.5) is 0 Å². The van der Waals surface area contributed by atoms with Crippen molar-refractivity contribution in [3.8, 4) is 50.6 Å². The molecule has 0 aliphatic heterocycles. The maximum Gasteiger partial charge on any atom is 0.180 e. The van der Waals surface area contributed by atoms with Gasteiger partial charge in [-0.15, -0.1) is 0 Å². The third-order valence-corrected chi connectivity index (χ3v) is 15.3. The van der Waals surface area contributed by atoms with Gasteiger partial charge in [0.05, 0.1) is 33.1 Å². The van der Waals surface area contributed by atoms with Gasteiger partial charge in [0, 0.05) is 60.3 Å². The van der Waals surface area contributed by atoms with E-state index in [1.165, 1.54) is 76.3 Å². The molecule has 16 aromatic rings. The van der Waals surface area contributed by atoms with E-state index in [9.17, 15) is 0 Å². The van der Waals surface area contributed by atoms with Crippen LogP contribution in [0.3, 0.4) is 0 Å². The Bertz CT molecular complexity index is 4920. The number of nitrogens with zero attached hydrogens (tertiary/aromatic N) is 5. The first kappa shape index (κ1) is 40.7. The number of fused-ring (bicyclic) bond motifs is 13. The summed E-state index contributed by atoms with van der Waals surface area (Å²) >= 11 is 0. The van der Waals surface area contributed by atoms with E-state index in [0.717, 1.165) is 67.0 Å². The van der Waals surface area contributed by atoms with Gasteiger partial charge in [-0.25, -0.2) is 9.97 Å². The van der Waals surface area contributed by atoms with Crippen LogP contribution in [0.5, 0.6) is 0 Å². The largest absolute Gasteiger partial charge is 0.452 e. The van der Waals surface area contributed by atoms with E-state index >= 15 is 0 Å². The molecule has 0 amide bonds. The van der Waals surface area contributed by atoms with Gasteiger partial charge >= 0.3 is 0 Å². The lowest BCUT2D eigenvalue weighted by Gasteiger charge is -2.12. The molecule has 0 radical (unpaired) electrons. The smallest absolute Gasteiger partial charge is 0.180 e. The molecule has 0 atom stereocenters. The van der Waals surface area contributed by atoms with E-state index in [2.05, 4.69) is 256 Å². The van der Waals surface area contributed by atoms with E-state index in [0.29, 0.717) is 5.58 Å². The molecule has 0 unspecified atom stereocenters. The lowest BCUT2D eigenvalue weighted by molar-refractivity contribution is 0.667. The molecule has 0 aliphatic rings. The second-order valence-corrected chi connectivity index (χ2v) is 19.4. The van der Waals surface area contributed by atoms with Crippen LogP contribution in [-0.4, -0.2) is 23.7 Å². The number of aromatic nitrogens is 5. The van der Waals surface area contributed by atoms with Crippen molar-refractivity contribution >= 4 is 98.3 Å². The van der Waals surface area contributed by atoms with E-state index in [1.54, 1.807) is 6.33 Å². The third-order valence-electron chi connectivity index (χ3n) is 15.3. The van der Waals surface area contributed by atoms with Crippen LogP contribution in [0.1, 0.15) is 0 Å². The summed E-state index contributed by atoms with van der Waals surface area (Å²) < 4.78 is 13.7. The average molecular weight is 944 g/mol. The second-order valence-electron chi connectivity index (χ2n) is 19.4. The monoisotopic (exact) mass is 943 g/mol. The van der Waals surface area contributed by atoms with Crippen LogP contribution in [0.25, 0.3) is 149 Å². The molecule has 0 saturated carbocycles. The number of rotatable bonds is 6. The molecule has 5 heterocycles. The summed E-state index contributed by atoms with van der Waals surface area (Å²) in [6.45, 7) is 0. The molecule has 16 rings (SSSR count). The van der Waals surface area contributed by atoms with Gasteiger partial charge in [0.1, 0.15) is 23.1 Å². The van der Waals surface area contributed by atoms with Crippen molar-refractivity contribution < 1.29 is 4.42 Å². The summed E-state index contributed by atoms with van der Waals surface area (Å²) in [5.74, 6) is 0. The minimum atomic E-state index is 0.676. The van der Waals surface area contributed by atoms with Gasteiger partial charge in [-0.05, 0) is 130 Å². The Morgan fingerprint density at radius 3 is 1.54 bits per heavy atom. The van der Waals surface area contributed by atoms with Crippen molar-refractivity contribution in [1.29, 1.82) is 0 Å². The highest BCUT2D eigenvalue weighted by Crippen LogP contribution is 2.41. The highest BCUT2D eigenvalue weighted by atomic mass is 16.3. The van der Waals surface area contributed by atoms with Gasteiger partial charge < -0.3 is 18.1 Å². The van der Waals surface area contributed by atoms with E-state index < -0.39 is 0 Å². The Morgan fingerprint density at radius 1 is 0.284 bits per heavy atom. The van der Waals surface area contributed by atoms with Crippen molar-refractivity contribution in [3.05, 3.63) is 249 Å². The summed E-state index contributed by atoms with van der Waals surface area (Å²) in [5.41, 5.74) is 19.0. The van der Waals surface area contributed by atoms with E-state index in [1.807, 2.05) is 0 Å². The first-order valence-electron chi connectivity index (χ1n) is 25.1. The third kappa shape index (κ3) is 6.06. The Morgan fingerprint density at radius 2 is 0.797 bits per heavy atom. The highest BCUT2D eigenvalue weighted by Gasteiger charge is 2.20. The molecule has 0 N–H and O–H groups in total. The lowest BCUT2D eigenvalue weighted by Crippen LogP contribution is -1.94. The standard InChI is InChI=1S/C68H41N5O/c1-2-15-49(16-3-1)71-62-24-11-7-20-55(62)57-38-46(29-33-63(57)71)47-28-32-56-54-19-6-10-23-61(54)73(64(56)39-47)50-30-27-44-35-43(25-26-45(44)37-50)42-13-12-14-48(36-42)66-68-67(70-41-69-66)58-40-51(31-34-65(58)74-68)72-59-21-8-4-17-52(59)53-18-5-9-22-60(53)72/h1-41H. The fourth-order valence-electron chi connectivity index (χ4n) is 11.9. The summed E-state index contributed by atoms with van der Waals surface area (Å²) in [6, 6.07) is 87.8. The fraction of sp³-hybridized carbons (Fsp3) is 0. The summed E-state index contributed by atoms with van der Waals surface area (Å²) in [4.78, 5) is 9.64. The molecule has 0 saturated heterocycles. The Kier molecular flexibility index (Phi) is 8.64. The Hall–Kier alpha value is -10.0. The van der Waals surface area contributed by atoms with Crippen LogP contribution >= 0.6 is 0 Å². The topological polar surface area (TPSA) is 53.7 Å². The average Bonchev–Trinajstić information content (AvgIpc) is 4.21. The zero-order chi connectivity index (χ0) is 48.4. The minimum absolute atomic E-state index is 0.676. The molecular formula is C68H41N5O. The molecule has 344 valence electrons. The van der Waals surface area contributed by atoms with Crippen LogP contribution < -0.4 is 0 Å². The van der Waals surface area contributed by atoms with Gasteiger partial charge in [0.25, 0.3) is 0 Å². The second kappa shape index (κ2) is 15.7. The van der Waals surface area contributed by atoms with Gasteiger partial charge in [-0.1, -0.05) is 146 Å². The molecule has 0 spiro atoms. The molecule has 11 aromatic carbocycles. The molecule has 6 nitrogen and oxygen atoms in total. The molecule has 0 bridgehead atoms. The molecule has 6 heteroatoms. The van der Waals surface area contributed by atoms with Crippen molar-refractivity contribution in [2.45, 2.75) is 0 Å². The minimum Gasteiger partial charge on any atom is -0.452 e. The number of hydrogen-bond acceptors (Lipinski definition) is 3. The first-order chi connectivity index (χ1) is 36.7. The number of hydrogen-bond donors (Lipinski definition) is 0. The van der Waals surface area contributed by atoms with E-state index in [-0.39, 0.29) is 0 Å². The number of benzene rings is 11. The van der Waals surface area contributed by atoms with Gasteiger partial charge in [-0.3, -0.25) is 0 Å². The highest BCUT2D eigenvalue weighted by molar-refractivity contribution is 6.14. The Labute approximate surface area is 423 Å². The zero-order valence-electron chi connectivity index (χ0n) is 39.8. The SMILES string of the molecule is c1ccc(-n2c3ccccc3c3cc(-c4ccc5c6ccccc6n(-c6ccc7cc(-c8cccc(-c9ncnc%10c9oc9ccc(-n%11c%12ccccc%12c%12ccccc%12%11)cc9%10)c8)ccc7c6)c5c4)ccc32)cc1. The molecule has 5 aromatic heterocycles. The van der Waals surface area contributed by atoms with E-state index in [4.69, 9.17) is 14.4 Å². The van der Waals surface area contributed by atoms with Crippen LogP contribution in [0.15, 0.2) is 253 Å². The summed E-state index contributed by atoms with van der Waals surface area (Å²) in [6.07, 6.45) is 1.66. The maximum atomic E-state index is 6.62. The van der Waals surface area contributed by atoms with Crippen molar-refractivity contribution in [2.75, 3.05) is 0 Å². The number of para-hydroxylation sites is 5. The van der Waals surface area contributed by atoms with Gasteiger partial charge in [-0.2, -0.15) is 0 Å². The number of furan rings is 1. The van der Waals surface area contributed by atoms with Crippen molar-refractivity contribution in [1.82, 2.24) is 23.7 Å². The predicted molar refractivity (Wildman–Crippen MR) is 306 cm³/mol. The van der Waals surface area contributed by atoms with Crippen LogP contribution in [0.2, 0.25) is 0 Å². The first-order valence-corrected chi connectivity index (χ1v) is 25.1. The van der Waals surface area contributed by atoms with Crippen LogP contribution in [0, 0.1) is 0 Å². The van der Waals surface area contributed by atoms with Crippen molar-refractivity contribution in [3.63, 3.8) is 0 Å². The normalized spacial score (nSPS) is 12.1. The molecule has 0 fully saturated rings. The molecule has 74 heavy (non-hydrogen) atoms. The summed E-state index contributed by atoms with van der Waals surface area (Å²) in [7, 11) is 0. The Balaban J connectivity index is 0.756. The summed E-state index contributed by atoms with van der Waals surface area (Å²) in [5, 5.41) is 10.7. The van der Waals surface area contributed by atoms with Gasteiger partial charge in [0.15, 0.2) is 5.58 Å². The van der Waals surface area contributed by atoms with Crippen LogP contribution in [-0.2, 0) is 0 Å².